The number of pyridine rings is 1. The quantitative estimate of drug-likeness (QED) is 0.602. The number of carbonyl (C=O) groups is 1. The maximum atomic E-state index is 12.6. The molecule has 1 heterocycles. The van der Waals surface area contributed by atoms with Gasteiger partial charge in [-0.15, -0.1) is 0 Å². The van der Waals surface area contributed by atoms with Crippen LogP contribution in [0.2, 0.25) is 5.15 Å². The molecule has 0 unspecified atom stereocenters. The zero-order chi connectivity index (χ0) is 12.1. The summed E-state index contributed by atoms with van der Waals surface area (Å²) in [6.45, 7) is 0.843. The average Bonchev–Trinajstić information content (AvgIpc) is 2.28. The number of nitriles is 1. The second-order valence-corrected chi connectivity index (χ2v) is 3.14. The maximum absolute atomic E-state index is 12.6. The molecule has 84 valence electrons. The highest BCUT2D eigenvalue weighted by Gasteiger charge is 2.17. The third kappa shape index (κ3) is 2.47. The molecular formula is C10H8ClFN2O2. The summed E-state index contributed by atoms with van der Waals surface area (Å²) in [6, 6.07) is 2.94. The van der Waals surface area contributed by atoms with E-state index in [0.717, 1.165) is 0 Å². The van der Waals surface area contributed by atoms with Gasteiger partial charge in [-0.1, -0.05) is 11.6 Å². The number of rotatable bonds is 3. The number of hydrogen-bond donors (Lipinski definition) is 0. The van der Waals surface area contributed by atoms with Crippen molar-refractivity contribution < 1.29 is 13.9 Å². The molecule has 6 heteroatoms. The zero-order valence-electron chi connectivity index (χ0n) is 8.46. The van der Waals surface area contributed by atoms with Crippen molar-refractivity contribution in [2.45, 2.75) is 13.6 Å². The summed E-state index contributed by atoms with van der Waals surface area (Å²) in [4.78, 5) is 15.1. The summed E-state index contributed by atoms with van der Waals surface area (Å²) >= 11 is 5.61. The Bertz CT molecular complexity index is 457. The Balaban J connectivity index is 3.26. The van der Waals surface area contributed by atoms with Crippen LogP contribution in [-0.4, -0.2) is 17.6 Å². The van der Waals surface area contributed by atoms with E-state index < -0.39 is 12.6 Å². The van der Waals surface area contributed by atoms with E-state index in [9.17, 15) is 9.18 Å². The van der Waals surface area contributed by atoms with E-state index in [4.69, 9.17) is 21.6 Å². The summed E-state index contributed by atoms with van der Waals surface area (Å²) in [6.07, 6.45) is 0. The van der Waals surface area contributed by atoms with Crippen molar-refractivity contribution in [1.29, 1.82) is 5.26 Å². The van der Waals surface area contributed by atoms with E-state index in [-0.39, 0.29) is 28.6 Å². The molecule has 0 saturated heterocycles. The van der Waals surface area contributed by atoms with Gasteiger partial charge in [-0.25, -0.2) is 14.2 Å². The number of hydrogen-bond acceptors (Lipinski definition) is 4. The smallest absolute Gasteiger partial charge is 0.340 e. The molecule has 0 aliphatic heterocycles. The highest BCUT2D eigenvalue weighted by molar-refractivity contribution is 6.30. The van der Waals surface area contributed by atoms with E-state index >= 15 is 0 Å². The lowest BCUT2D eigenvalue weighted by Gasteiger charge is -2.06. The molecule has 0 aliphatic rings. The number of aromatic nitrogens is 1. The average molecular weight is 243 g/mol. The largest absolute Gasteiger partial charge is 0.462 e. The number of esters is 1. The van der Waals surface area contributed by atoms with Crippen molar-refractivity contribution in [3.05, 3.63) is 28.0 Å². The zero-order valence-corrected chi connectivity index (χ0v) is 9.21. The predicted molar refractivity (Wildman–Crippen MR) is 54.7 cm³/mol. The molecule has 0 bridgehead atoms. The molecule has 0 amide bonds. The van der Waals surface area contributed by atoms with Crippen LogP contribution in [0.5, 0.6) is 0 Å². The minimum absolute atomic E-state index is 0.0157. The molecule has 1 aromatic rings. The molecule has 0 saturated carbocycles. The van der Waals surface area contributed by atoms with Crippen LogP contribution < -0.4 is 0 Å². The fraction of sp³-hybridized carbons (Fsp3) is 0.300. The highest BCUT2D eigenvalue weighted by Crippen LogP contribution is 2.18. The van der Waals surface area contributed by atoms with E-state index in [2.05, 4.69) is 4.98 Å². The van der Waals surface area contributed by atoms with Crippen molar-refractivity contribution in [3.63, 3.8) is 0 Å². The van der Waals surface area contributed by atoms with Crippen molar-refractivity contribution in [2.75, 3.05) is 6.61 Å². The van der Waals surface area contributed by atoms with Crippen LogP contribution in [0.25, 0.3) is 0 Å². The minimum atomic E-state index is -0.945. The summed E-state index contributed by atoms with van der Waals surface area (Å²) < 4.78 is 17.3. The van der Waals surface area contributed by atoms with Gasteiger partial charge in [-0.3, -0.25) is 0 Å². The van der Waals surface area contributed by atoms with Gasteiger partial charge in [0.25, 0.3) is 0 Å². The second-order valence-electron chi connectivity index (χ2n) is 2.79. The number of ether oxygens (including phenoxy) is 1. The van der Waals surface area contributed by atoms with Gasteiger partial charge in [-0.05, 0) is 13.0 Å². The molecule has 0 aromatic carbocycles. The number of nitrogens with zero attached hydrogens (tertiary/aromatic N) is 2. The molecule has 0 aliphatic carbocycles. The molecule has 4 nitrogen and oxygen atoms in total. The summed E-state index contributed by atoms with van der Waals surface area (Å²) in [5.41, 5.74) is -0.172. The topological polar surface area (TPSA) is 63.0 Å². The van der Waals surface area contributed by atoms with Crippen molar-refractivity contribution in [2.24, 2.45) is 0 Å². The fourth-order valence-electron chi connectivity index (χ4n) is 1.09. The molecule has 0 fully saturated rings. The Morgan fingerprint density at radius 2 is 2.44 bits per heavy atom. The molecule has 1 aromatic heterocycles. The van der Waals surface area contributed by atoms with Gasteiger partial charge in [0.15, 0.2) is 0 Å². The first-order valence-electron chi connectivity index (χ1n) is 4.46. The van der Waals surface area contributed by atoms with Gasteiger partial charge in [0.05, 0.1) is 23.4 Å². The Labute approximate surface area is 96.6 Å². The first-order chi connectivity index (χ1) is 7.63. The Morgan fingerprint density at radius 1 is 1.75 bits per heavy atom. The Hall–Kier alpha value is -1.67. The van der Waals surface area contributed by atoms with Crippen LogP contribution >= 0.6 is 11.6 Å². The highest BCUT2D eigenvalue weighted by atomic mass is 35.5. The molecule has 0 N–H and O–H groups in total. The third-order valence-electron chi connectivity index (χ3n) is 1.80. The lowest BCUT2D eigenvalue weighted by atomic mass is 10.1. The van der Waals surface area contributed by atoms with E-state index in [1.807, 2.05) is 0 Å². The van der Waals surface area contributed by atoms with Crippen molar-refractivity contribution in [3.8, 4) is 6.07 Å². The van der Waals surface area contributed by atoms with Gasteiger partial charge in [0.2, 0.25) is 0 Å². The van der Waals surface area contributed by atoms with Gasteiger partial charge in [0, 0.05) is 0 Å². The van der Waals surface area contributed by atoms with Crippen LogP contribution in [0, 0.1) is 11.3 Å². The van der Waals surface area contributed by atoms with Gasteiger partial charge in [-0.2, -0.15) is 5.26 Å². The van der Waals surface area contributed by atoms with Crippen LogP contribution in [0.1, 0.15) is 28.5 Å². The first kappa shape index (κ1) is 12.4. The Kier molecular flexibility index (Phi) is 4.20. The van der Waals surface area contributed by atoms with Crippen LogP contribution in [-0.2, 0) is 11.4 Å². The van der Waals surface area contributed by atoms with Gasteiger partial charge < -0.3 is 4.74 Å². The third-order valence-corrected chi connectivity index (χ3v) is 2.09. The molecular weight excluding hydrogens is 235 g/mol. The first-order valence-corrected chi connectivity index (χ1v) is 4.84. The summed E-state index contributed by atoms with van der Waals surface area (Å²) in [5.74, 6) is -0.712. The maximum Gasteiger partial charge on any atom is 0.340 e. The standard InChI is InChI=1S/C10H8ClFN2O2/c1-2-16-10(15)7-3-6(5-13)9(11)14-8(7)4-12/h3H,2,4H2,1H3. The molecule has 0 radical (unpaired) electrons. The van der Waals surface area contributed by atoms with Crippen LogP contribution in [0.4, 0.5) is 4.39 Å². The molecule has 0 atom stereocenters. The number of carbonyl (C=O) groups excluding carboxylic acids is 1. The van der Waals surface area contributed by atoms with Crippen LogP contribution in [0.15, 0.2) is 6.07 Å². The lowest BCUT2D eigenvalue weighted by Crippen LogP contribution is -2.10. The number of halogens is 2. The molecule has 0 spiro atoms. The Morgan fingerprint density at radius 3 is 2.94 bits per heavy atom. The SMILES string of the molecule is CCOC(=O)c1cc(C#N)c(Cl)nc1CF. The summed E-state index contributed by atoms with van der Waals surface area (Å²) in [5, 5.41) is 8.58. The summed E-state index contributed by atoms with van der Waals surface area (Å²) in [7, 11) is 0. The molecule has 16 heavy (non-hydrogen) atoms. The van der Waals surface area contributed by atoms with E-state index in [1.165, 1.54) is 6.07 Å². The van der Waals surface area contributed by atoms with Crippen LogP contribution in [0.3, 0.4) is 0 Å². The molecule has 1 rings (SSSR count). The van der Waals surface area contributed by atoms with Crippen molar-refractivity contribution >= 4 is 17.6 Å². The monoisotopic (exact) mass is 242 g/mol. The normalized spacial score (nSPS) is 9.62. The number of alkyl halides is 1. The van der Waals surface area contributed by atoms with Gasteiger partial charge in [0.1, 0.15) is 17.9 Å². The lowest BCUT2D eigenvalue weighted by molar-refractivity contribution is 0.0523. The van der Waals surface area contributed by atoms with E-state index in [1.54, 1.807) is 13.0 Å². The van der Waals surface area contributed by atoms with Crippen molar-refractivity contribution in [1.82, 2.24) is 4.98 Å². The minimum Gasteiger partial charge on any atom is -0.462 e. The predicted octanol–water partition coefficient (Wildman–Crippen LogP) is 2.25. The van der Waals surface area contributed by atoms with Gasteiger partial charge >= 0.3 is 5.97 Å². The second kappa shape index (κ2) is 5.42. The fourth-order valence-corrected chi connectivity index (χ4v) is 1.29. The van der Waals surface area contributed by atoms with E-state index in [0.29, 0.717) is 0 Å².